The molecule has 0 saturated heterocycles. The number of nitrogens with one attached hydrogen (secondary N) is 2. The minimum absolute atomic E-state index is 0.0179. The average Bonchev–Trinajstić information content (AvgIpc) is 2.90. The standard InChI is InChI=1S/C25H28N2O4/c1-14(2)31-20-12-8-5-9-16(20)23-22-19(26-17-10-6-7-11-18(17)27-23)13-15(3)21(24(22)28)25(29)30-4/h5-12,14-15,21,23,26-27H,13H2,1-4H3/t15-,21+,23+/m1/s1. The van der Waals surface area contributed by atoms with Crippen LogP contribution in [0.2, 0.25) is 0 Å². The van der Waals surface area contributed by atoms with Crippen LogP contribution in [-0.4, -0.2) is 25.0 Å². The first-order valence-corrected chi connectivity index (χ1v) is 10.6. The molecule has 1 aliphatic heterocycles. The van der Waals surface area contributed by atoms with Gasteiger partial charge in [0.05, 0.1) is 30.6 Å². The zero-order valence-electron chi connectivity index (χ0n) is 18.3. The van der Waals surface area contributed by atoms with Gasteiger partial charge in [-0.05, 0) is 44.4 Å². The molecule has 4 rings (SSSR count). The van der Waals surface area contributed by atoms with Crippen molar-refractivity contribution in [1.82, 2.24) is 0 Å². The predicted octanol–water partition coefficient (Wildman–Crippen LogP) is 4.70. The third-order valence-corrected chi connectivity index (χ3v) is 5.82. The number of carbonyl (C=O) groups excluding carboxylic acids is 2. The molecule has 1 aliphatic carbocycles. The van der Waals surface area contributed by atoms with Crippen molar-refractivity contribution in [3.8, 4) is 5.75 Å². The Kier molecular flexibility index (Phi) is 5.72. The molecule has 0 unspecified atom stereocenters. The molecular formula is C25H28N2O4. The number of hydrogen-bond acceptors (Lipinski definition) is 6. The monoisotopic (exact) mass is 420 g/mol. The number of ether oxygens (including phenoxy) is 2. The molecule has 0 radical (unpaired) electrons. The molecule has 0 amide bonds. The molecule has 2 aromatic rings. The van der Waals surface area contributed by atoms with Gasteiger partial charge in [0, 0.05) is 16.8 Å². The number of fused-ring (bicyclic) bond motifs is 1. The third-order valence-electron chi connectivity index (χ3n) is 5.82. The molecule has 2 aromatic carbocycles. The number of ketones is 1. The van der Waals surface area contributed by atoms with Crippen LogP contribution in [0.3, 0.4) is 0 Å². The average molecular weight is 421 g/mol. The minimum Gasteiger partial charge on any atom is -0.491 e. The van der Waals surface area contributed by atoms with Gasteiger partial charge in [-0.1, -0.05) is 37.3 Å². The fraction of sp³-hybridized carbons (Fsp3) is 0.360. The van der Waals surface area contributed by atoms with Gasteiger partial charge in [0.25, 0.3) is 0 Å². The first kappa shape index (κ1) is 21.0. The number of anilines is 2. The minimum atomic E-state index is -0.825. The van der Waals surface area contributed by atoms with Crippen LogP contribution in [0.25, 0.3) is 0 Å². The Morgan fingerprint density at radius 2 is 1.74 bits per heavy atom. The van der Waals surface area contributed by atoms with E-state index in [0.29, 0.717) is 17.7 Å². The molecule has 0 spiro atoms. The molecule has 0 fully saturated rings. The second-order valence-electron chi connectivity index (χ2n) is 8.39. The number of carbonyl (C=O) groups is 2. The Bertz CT molecular complexity index is 1040. The van der Waals surface area contributed by atoms with Crippen LogP contribution >= 0.6 is 0 Å². The Balaban J connectivity index is 1.89. The summed E-state index contributed by atoms with van der Waals surface area (Å²) in [6.45, 7) is 5.86. The lowest BCUT2D eigenvalue weighted by Crippen LogP contribution is -2.39. The van der Waals surface area contributed by atoms with Crippen molar-refractivity contribution in [2.24, 2.45) is 11.8 Å². The Morgan fingerprint density at radius 1 is 1.06 bits per heavy atom. The summed E-state index contributed by atoms with van der Waals surface area (Å²) >= 11 is 0. The maximum Gasteiger partial charge on any atom is 0.316 e. The van der Waals surface area contributed by atoms with E-state index in [2.05, 4.69) is 10.6 Å². The van der Waals surface area contributed by atoms with Gasteiger partial charge in [0.15, 0.2) is 5.78 Å². The van der Waals surface area contributed by atoms with Crippen molar-refractivity contribution in [2.45, 2.75) is 39.3 Å². The van der Waals surface area contributed by atoms with Crippen LogP contribution in [0.5, 0.6) is 5.75 Å². The Morgan fingerprint density at radius 3 is 2.45 bits per heavy atom. The lowest BCUT2D eigenvalue weighted by Gasteiger charge is -2.33. The number of rotatable bonds is 4. The summed E-state index contributed by atoms with van der Waals surface area (Å²) < 4.78 is 11.0. The summed E-state index contributed by atoms with van der Waals surface area (Å²) in [5.41, 5.74) is 4.03. The van der Waals surface area contributed by atoms with Crippen LogP contribution in [0, 0.1) is 11.8 Å². The zero-order valence-corrected chi connectivity index (χ0v) is 18.3. The van der Waals surface area contributed by atoms with E-state index in [0.717, 1.165) is 22.6 Å². The molecule has 162 valence electrons. The maximum absolute atomic E-state index is 13.7. The van der Waals surface area contributed by atoms with E-state index < -0.39 is 17.9 Å². The van der Waals surface area contributed by atoms with Crippen LogP contribution < -0.4 is 15.4 Å². The molecule has 6 heteroatoms. The van der Waals surface area contributed by atoms with E-state index >= 15 is 0 Å². The Hall–Kier alpha value is -3.28. The summed E-state index contributed by atoms with van der Waals surface area (Å²) in [6.07, 6.45) is 0.552. The number of para-hydroxylation sites is 3. The fourth-order valence-electron chi connectivity index (χ4n) is 4.45. The summed E-state index contributed by atoms with van der Waals surface area (Å²) in [7, 11) is 1.33. The topological polar surface area (TPSA) is 76.7 Å². The highest BCUT2D eigenvalue weighted by atomic mass is 16.5. The third kappa shape index (κ3) is 3.90. The van der Waals surface area contributed by atoms with E-state index in [1.54, 1.807) is 0 Å². The van der Waals surface area contributed by atoms with Crippen LogP contribution in [0.15, 0.2) is 59.8 Å². The number of esters is 1. The number of methoxy groups -OCH3 is 1. The molecule has 0 aromatic heterocycles. The summed E-state index contributed by atoms with van der Waals surface area (Å²) in [5.74, 6) is -0.982. The van der Waals surface area contributed by atoms with Gasteiger partial charge in [-0.3, -0.25) is 9.59 Å². The zero-order chi connectivity index (χ0) is 22.1. The molecule has 2 N–H and O–H groups in total. The molecule has 1 heterocycles. The van der Waals surface area contributed by atoms with Gasteiger partial charge in [-0.2, -0.15) is 0 Å². The normalized spacial score (nSPS) is 22.6. The predicted molar refractivity (Wildman–Crippen MR) is 120 cm³/mol. The molecule has 31 heavy (non-hydrogen) atoms. The van der Waals surface area contributed by atoms with Crippen molar-refractivity contribution >= 4 is 23.1 Å². The largest absolute Gasteiger partial charge is 0.491 e. The van der Waals surface area contributed by atoms with Crippen molar-refractivity contribution in [3.05, 3.63) is 65.4 Å². The van der Waals surface area contributed by atoms with E-state index in [1.807, 2.05) is 69.3 Å². The quantitative estimate of drug-likeness (QED) is 0.551. The van der Waals surface area contributed by atoms with Crippen LogP contribution in [-0.2, 0) is 14.3 Å². The summed E-state index contributed by atoms with van der Waals surface area (Å²) in [5, 5.41) is 7.00. The van der Waals surface area contributed by atoms with E-state index in [4.69, 9.17) is 9.47 Å². The maximum atomic E-state index is 13.7. The lowest BCUT2D eigenvalue weighted by molar-refractivity contribution is -0.151. The summed E-state index contributed by atoms with van der Waals surface area (Å²) in [4.78, 5) is 26.2. The van der Waals surface area contributed by atoms with Gasteiger partial charge >= 0.3 is 5.97 Å². The van der Waals surface area contributed by atoms with Crippen molar-refractivity contribution in [1.29, 1.82) is 0 Å². The van der Waals surface area contributed by atoms with Crippen molar-refractivity contribution < 1.29 is 19.1 Å². The molecule has 3 atom stereocenters. The number of hydrogen-bond donors (Lipinski definition) is 2. The summed E-state index contributed by atoms with van der Waals surface area (Å²) in [6, 6.07) is 15.1. The highest BCUT2D eigenvalue weighted by Crippen LogP contribution is 2.45. The van der Waals surface area contributed by atoms with Gasteiger partial charge in [0.1, 0.15) is 11.7 Å². The van der Waals surface area contributed by atoms with E-state index in [1.165, 1.54) is 7.11 Å². The van der Waals surface area contributed by atoms with E-state index in [-0.39, 0.29) is 17.8 Å². The number of allylic oxidation sites excluding steroid dienone is 1. The molecule has 0 saturated carbocycles. The highest BCUT2D eigenvalue weighted by Gasteiger charge is 2.44. The highest BCUT2D eigenvalue weighted by molar-refractivity contribution is 6.11. The van der Waals surface area contributed by atoms with Gasteiger partial charge in [-0.15, -0.1) is 0 Å². The van der Waals surface area contributed by atoms with Crippen LogP contribution in [0.1, 0.15) is 38.8 Å². The molecular weight excluding hydrogens is 392 g/mol. The van der Waals surface area contributed by atoms with Gasteiger partial charge in [0.2, 0.25) is 0 Å². The smallest absolute Gasteiger partial charge is 0.316 e. The van der Waals surface area contributed by atoms with Gasteiger partial charge in [-0.25, -0.2) is 0 Å². The first-order valence-electron chi connectivity index (χ1n) is 10.6. The second kappa shape index (κ2) is 8.46. The lowest BCUT2D eigenvalue weighted by atomic mass is 9.74. The van der Waals surface area contributed by atoms with E-state index in [9.17, 15) is 9.59 Å². The fourth-order valence-corrected chi connectivity index (χ4v) is 4.45. The van der Waals surface area contributed by atoms with Crippen LogP contribution in [0.4, 0.5) is 11.4 Å². The van der Waals surface area contributed by atoms with Gasteiger partial charge < -0.3 is 20.1 Å². The second-order valence-corrected chi connectivity index (χ2v) is 8.39. The molecule has 0 bridgehead atoms. The first-order chi connectivity index (χ1) is 14.9. The Labute approximate surface area is 182 Å². The molecule has 6 nitrogen and oxygen atoms in total. The number of benzene rings is 2. The van der Waals surface area contributed by atoms with Crippen molar-refractivity contribution in [2.75, 3.05) is 17.7 Å². The number of Topliss-reactive ketones (excluding diaryl/α,β-unsaturated/α-hetero) is 1. The van der Waals surface area contributed by atoms with Crippen molar-refractivity contribution in [3.63, 3.8) is 0 Å². The molecule has 2 aliphatic rings. The SMILES string of the molecule is COC(=O)[C@@H]1C(=O)C2=C(C[C@H]1C)Nc1ccccc1N[C@H]2c1ccccc1OC(C)C.